The highest BCUT2D eigenvalue weighted by atomic mass is 15.3. The summed E-state index contributed by atoms with van der Waals surface area (Å²) >= 11 is 0. The third-order valence-corrected chi connectivity index (χ3v) is 8.69. The van der Waals surface area contributed by atoms with Crippen LogP contribution in [0.2, 0.25) is 0 Å². The van der Waals surface area contributed by atoms with E-state index >= 15 is 0 Å². The van der Waals surface area contributed by atoms with Crippen LogP contribution in [0, 0.1) is 0 Å². The zero-order valence-electron chi connectivity index (χ0n) is 26.4. The van der Waals surface area contributed by atoms with Gasteiger partial charge in [-0.15, -0.1) is 0 Å². The lowest BCUT2D eigenvalue weighted by Gasteiger charge is -2.40. The molecule has 0 aliphatic rings. The summed E-state index contributed by atoms with van der Waals surface area (Å²) in [6, 6.07) is 0. The molecule has 218 valence electrons. The smallest absolute Gasteiger partial charge is 0.0786 e. The van der Waals surface area contributed by atoms with Gasteiger partial charge in [0.25, 0.3) is 0 Å². The number of nitrogens with zero attached hydrogens (tertiary/aromatic N) is 1. The predicted molar refractivity (Wildman–Crippen MR) is 167 cm³/mol. The number of rotatable bonds is 31. The first-order valence-electron chi connectivity index (χ1n) is 17.6. The van der Waals surface area contributed by atoms with Crippen LogP contribution in [-0.2, 0) is 0 Å². The molecule has 0 bridgehead atoms. The van der Waals surface area contributed by atoms with E-state index in [0.29, 0.717) is 0 Å². The van der Waals surface area contributed by atoms with E-state index in [4.69, 9.17) is 0 Å². The molecule has 0 aromatic carbocycles. The van der Waals surface area contributed by atoms with Crippen LogP contribution in [-0.4, -0.2) is 30.7 Å². The molecule has 0 fully saturated rings. The second-order valence-corrected chi connectivity index (χ2v) is 12.4. The van der Waals surface area contributed by atoms with Gasteiger partial charge in [0.15, 0.2) is 0 Å². The van der Waals surface area contributed by atoms with E-state index in [9.17, 15) is 0 Å². The maximum atomic E-state index is 2.34. The van der Waals surface area contributed by atoms with Crippen molar-refractivity contribution in [2.45, 2.75) is 201 Å². The summed E-state index contributed by atoms with van der Waals surface area (Å²) in [5, 5.41) is 0. The highest BCUT2D eigenvalue weighted by Crippen LogP contribution is 2.21. The van der Waals surface area contributed by atoms with E-state index in [0.717, 1.165) is 0 Å². The predicted octanol–water partition coefficient (Wildman–Crippen LogP) is 12.4. The van der Waals surface area contributed by atoms with E-state index in [1.165, 1.54) is 204 Å². The zero-order chi connectivity index (χ0) is 26.4. The van der Waals surface area contributed by atoms with Crippen molar-refractivity contribution >= 4 is 0 Å². The van der Waals surface area contributed by atoms with Gasteiger partial charge in [-0.1, -0.05) is 150 Å². The molecule has 0 spiro atoms. The van der Waals surface area contributed by atoms with Gasteiger partial charge in [0.05, 0.1) is 26.2 Å². The third kappa shape index (κ3) is 24.3. The van der Waals surface area contributed by atoms with Crippen LogP contribution in [0.4, 0.5) is 0 Å². The number of quaternary nitrogens is 1. The van der Waals surface area contributed by atoms with Crippen LogP contribution in [0.1, 0.15) is 201 Å². The van der Waals surface area contributed by atoms with Gasteiger partial charge in [0.1, 0.15) is 0 Å². The second kappa shape index (κ2) is 29.5. The van der Waals surface area contributed by atoms with Gasteiger partial charge in [0, 0.05) is 0 Å². The molecule has 36 heavy (non-hydrogen) atoms. The second-order valence-electron chi connectivity index (χ2n) is 12.4. The minimum Gasteiger partial charge on any atom is -0.324 e. The maximum Gasteiger partial charge on any atom is 0.0786 e. The van der Waals surface area contributed by atoms with E-state index in [2.05, 4.69) is 27.7 Å². The Morgan fingerprint density at radius 2 is 0.389 bits per heavy atom. The summed E-state index contributed by atoms with van der Waals surface area (Å²) in [5.74, 6) is 0. The van der Waals surface area contributed by atoms with Gasteiger partial charge in [-0.25, -0.2) is 0 Å². The first-order chi connectivity index (χ1) is 17.7. The average molecular weight is 509 g/mol. The molecule has 0 amide bonds. The van der Waals surface area contributed by atoms with E-state index in [1.807, 2.05) is 0 Å². The lowest BCUT2D eigenvalue weighted by atomic mass is 10.0. The van der Waals surface area contributed by atoms with Gasteiger partial charge >= 0.3 is 0 Å². The van der Waals surface area contributed by atoms with Crippen LogP contribution in [0.5, 0.6) is 0 Å². The average Bonchev–Trinajstić information content (AvgIpc) is 2.89. The minimum absolute atomic E-state index is 1.37. The molecule has 0 saturated heterocycles. The SMILES string of the molecule is CCCCCCCCC[N+](CCCCCCCC)(CCCCCCCCC)CCCCCCCCC. The van der Waals surface area contributed by atoms with E-state index < -0.39 is 0 Å². The highest BCUT2D eigenvalue weighted by molar-refractivity contribution is 4.55. The van der Waals surface area contributed by atoms with Gasteiger partial charge in [-0.2, -0.15) is 0 Å². The molecule has 0 aromatic heterocycles. The fourth-order valence-electron chi connectivity index (χ4n) is 6.11. The Kier molecular flexibility index (Phi) is 29.5. The molecule has 0 aliphatic heterocycles. The standard InChI is InChI=1S/C35H74N/c1-5-9-13-17-21-25-29-33-36(32-28-24-20-16-12-8-4,34-30-26-22-18-14-10-6-2)35-31-27-23-19-15-11-7-3/h5-35H2,1-4H3/q+1. The van der Waals surface area contributed by atoms with Crippen molar-refractivity contribution in [3.05, 3.63) is 0 Å². The number of hydrogen-bond acceptors (Lipinski definition) is 0. The van der Waals surface area contributed by atoms with Crippen molar-refractivity contribution < 1.29 is 4.48 Å². The lowest BCUT2D eigenvalue weighted by molar-refractivity contribution is -0.929. The molecular weight excluding hydrogens is 434 g/mol. The van der Waals surface area contributed by atoms with Crippen LogP contribution in [0.3, 0.4) is 0 Å². The fourth-order valence-corrected chi connectivity index (χ4v) is 6.11. The largest absolute Gasteiger partial charge is 0.324 e. The topological polar surface area (TPSA) is 0 Å². The van der Waals surface area contributed by atoms with Crippen LogP contribution >= 0.6 is 0 Å². The summed E-state index contributed by atoms with van der Waals surface area (Å²) in [4.78, 5) is 0. The summed E-state index contributed by atoms with van der Waals surface area (Å²) in [5.41, 5.74) is 0. The molecular formula is C35H74N+. The molecule has 1 heteroatoms. The Balaban J connectivity index is 4.77. The van der Waals surface area contributed by atoms with Crippen molar-refractivity contribution in [3.8, 4) is 0 Å². The number of hydrogen-bond donors (Lipinski definition) is 0. The van der Waals surface area contributed by atoms with Crippen molar-refractivity contribution in [1.82, 2.24) is 0 Å². The normalized spacial score (nSPS) is 12.0. The summed E-state index contributed by atoms with van der Waals surface area (Å²) in [7, 11) is 0. The van der Waals surface area contributed by atoms with Crippen molar-refractivity contribution in [2.24, 2.45) is 0 Å². The first kappa shape index (κ1) is 36.0. The quantitative estimate of drug-likeness (QED) is 0.0645. The molecule has 0 radical (unpaired) electrons. The third-order valence-electron chi connectivity index (χ3n) is 8.69. The van der Waals surface area contributed by atoms with Crippen LogP contribution in [0.25, 0.3) is 0 Å². The summed E-state index contributed by atoms with van der Waals surface area (Å²) in [6.07, 6.45) is 39.3. The van der Waals surface area contributed by atoms with Crippen LogP contribution in [0.15, 0.2) is 0 Å². The Morgan fingerprint density at radius 1 is 0.222 bits per heavy atom. The summed E-state index contributed by atoms with van der Waals surface area (Å²) in [6.45, 7) is 15.3. The Bertz CT molecular complexity index is 345. The Labute approximate surface area is 231 Å². The van der Waals surface area contributed by atoms with Crippen LogP contribution < -0.4 is 0 Å². The van der Waals surface area contributed by atoms with Crippen molar-refractivity contribution in [1.29, 1.82) is 0 Å². The molecule has 0 aliphatic carbocycles. The molecule has 0 atom stereocenters. The van der Waals surface area contributed by atoms with Gasteiger partial charge < -0.3 is 4.48 Å². The van der Waals surface area contributed by atoms with Gasteiger partial charge in [-0.3, -0.25) is 0 Å². The minimum atomic E-state index is 1.37. The maximum absolute atomic E-state index is 2.34. The van der Waals surface area contributed by atoms with Gasteiger partial charge in [0.2, 0.25) is 0 Å². The Hall–Kier alpha value is -0.0400. The highest BCUT2D eigenvalue weighted by Gasteiger charge is 2.25. The molecule has 1 nitrogen and oxygen atoms in total. The lowest BCUT2D eigenvalue weighted by Crippen LogP contribution is -2.50. The first-order valence-corrected chi connectivity index (χ1v) is 17.6. The fraction of sp³-hybridized carbons (Fsp3) is 1.00. The zero-order valence-corrected chi connectivity index (χ0v) is 26.4. The number of unbranched alkanes of at least 4 members (excludes halogenated alkanes) is 23. The summed E-state index contributed by atoms with van der Waals surface area (Å²) < 4.78 is 1.48. The molecule has 0 heterocycles. The molecule has 0 saturated carbocycles. The molecule has 0 rings (SSSR count). The van der Waals surface area contributed by atoms with Crippen molar-refractivity contribution in [2.75, 3.05) is 26.2 Å². The molecule has 0 unspecified atom stereocenters. The van der Waals surface area contributed by atoms with Gasteiger partial charge in [-0.05, 0) is 51.4 Å². The van der Waals surface area contributed by atoms with E-state index in [-0.39, 0.29) is 0 Å². The molecule has 0 N–H and O–H groups in total. The molecule has 0 aromatic rings. The van der Waals surface area contributed by atoms with Crippen molar-refractivity contribution in [3.63, 3.8) is 0 Å². The van der Waals surface area contributed by atoms with E-state index in [1.54, 1.807) is 0 Å². The Morgan fingerprint density at radius 3 is 0.583 bits per heavy atom. The monoisotopic (exact) mass is 509 g/mol.